The Bertz CT molecular complexity index is 876. The van der Waals surface area contributed by atoms with E-state index in [1.54, 1.807) is 7.05 Å². The van der Waals surface area contributed by atoms with Crippen molar-refractivity contribution < 1.29 is 26.7 Å². The number of β-amino-alcohol motifs (C(OH)–C–C–N with tert-alkyl or cyclic N) is 1. The fourth-order valence-electron chi connectivity index (χ4n) is 2.55. The molecule has 3 rings (SSSR count). The van der Waals surface area contributed by atoms with Crippen LogP contribution in [0.4, 0.5) is 13.2 Å². The number of hydrogen-bond donors (Lipinski definition) is 1. The molecule has 2 aromatic rings. The van der Waals surface area contributed by atoms with Gasteiger partial charge in [0, 0.05) is 26.3 Å². The molecule has 1 aliphatic rings. The van der Waals surface area contributed by atoms with Crippen LogP contribution in [0.3, 0.4) is 0 Å². The lowest BCUT2D eigenvalue weighted by molar-refractivity contribution is -0.0708. The SMILES string of the molecule is Cn1nccc1C1(O)CN(S(=O)(=O)c2ccc(F)c(F)c2F)C1. The number of hydrogen-bond acceptors (Lipinski definition) is 4. The van der Waals surface area contributed by atoms with Gasteiger partial charge in [-0.3, -0.25) is 4.68 Å². The molecule has 1 saturated heterocycles. The molecule has 0 saturated carbocycles. The number of benzene rings is 1. The fraction of sp³-hybridized carbons (Fsp3) is 0.308. The number of nitrogens with zero attached hydrogens (tertiary/aromatic N) is 3. The second kappa shape index (κ2) is 5.05. The van der Waals surface area contributed by atoms with Crippen molar-refractivity contribution in [2.24, 2.45) is 7.05 Å². The summed E-state index contributed by atoms with van der Waals surface area (Å²) >= 11 is 0. The van der Waals surface area contributed by atoms with E-state index < -0.39 is 38.0 Å². The van der Waals surface area contributed by atoms with Crippen LogP contribution >= 0.6 is 0 Å². The summed E-state index contributed by atoms with van der Waals surface area (Å²) in [6, 6.07) is 2.73. The topological polar surface area (TPSA) is 75.4 Å². The predicted molar refractivity (Wildman–Crippen MR) is 72.2 cm³/mol. The van der Waals surface area contributed by atoms with Gasteiger partial charge in [-0.05, 0) is 18.2 Å². The van der Waals surface area contributed by atoms with Gasteiger partial charge in [0.25, 0.3) is 0 Å². The van der Waals surface area contributed by atoms with Gasteiger partial charge in [0.05, 0.1) is 5.69 Å². The molecule has 124 valence electrons. The van der Waals surface area contributed by atoms with E-state index in [4.69, 9.17) is 0 Å². The molecule has 0 aliphatic carbocycles. The van der Waals surface area contributed by atoms with Gasteiger partial charge in [-0.2, -0.15) is 9.40 Å². The van der Waals surface area contributed by atoms with Crippen molar-refractivity contribution in [2.45, 2.75) is 10.5 Å². The van der Waals surface area contributed by atoms with Crippen molar-refractivity contribution in [1.82, 2.24) is 14.1 Å². The zero-order valence-corrected chi connectivity index (χ0v) is 12.7. The molecule has 10 heteroatoms. The van der Waals surface area contributed by atoms with Gasteiger partial charge >= 0.3 is 0 Å². The van der Waals surface area contributed by atoms with E-state index in [1.807, 2.05) is 0 Å². The van der Waals surface area contributed by atoms with Crippen molar-refractivity contribution in [3.05, 3.63) is 47.5 Å². The molecule has 1 aliphatic heterocycles. The zero-order chi connectivity index (χ0) is 17.0. The average Bonchev–Trinajstić information content (AvgIpc) is 2.87. The van der Waals surface area contributed by atoms with Crippen LogP contribution in [0, 0.1) is 17.5 Å². The van der Waals surface area contributed by atoms with E-state index >= 15 is 0 Å². The van der Waals surface area contributed by atoms with Crippen LogP contribution < -0.4 is 0 Å². The maximum absolute atomic E-state index is 13.7. The molecule has 2 heterocycles. The number of aryl methyl sites for hydroxylation is 1. The molecule has 6 nitrogen and oxygen atoms in total. The van der Waals surface area contributed by atoms with E-state index in [-0.39, 0.29) is 13.1 Å². The summed E-state index contributed by atoms with van der Waals surface area (Å²) in [5.74, 6) is -5.11. The smallest absolute Gasteiger partial charge is 0.246 e. The molecular formula is C13H12F3N3O3S. The average molecular weight is 347 g/mol. The minimum Gasteiger partial charge on any atom is -0.381 e. The van der Waals surface area contributed by atoms with Crippen LogP contribution in [-0.4, -0.2) is 40.7 Å². The maximum Gasteiger partial charge on any atom is 0.246 e. The molecule has 23 heavy (non-hydrogen) atoms. The van der Waals surface area contributed by atoms with Gasteiger partial charge in [-0.25, -0.2) is 21.6 Å². The first-order valence-electron chi connectivity index (χ1n) is 6.51. The highest BCUT2D eigenvalue weighted by molar-refractivity contribution is 7.89. The van der Waals surface area contributed by atoms with Crippen molar-refractivity contribution in [3.63, 3.8) is 0 Å². The second-order valence-electron chi connectivity index (χ2n) is 5.32. The first kappa shape index (κ1) is 16.0. The van der Waals surface area contributed by atoms with Crippen molar-refractivity contribution >= 4 is 10.0 Å². The number of aromatic nitrogens is 2. The minimum absolute atomic E-state index is 0.340. The second-order valence-corrected chi connectivity index (χ2v) is 7.22. The van der Waals surface area contributed by atoms with Gasteiger partial charge in [-0.15, -0.1) is 0 Å². The van der Waals surface area contributed by atoms with Crippen LogP contribution in [0.5, 0.6) is 0 Å². The number of sulfonamides is 1. The molecule has 1 fully saturated rings. The molecule has 1 aromatic carbocycles. The number of halogens is 3. The normalized spacial score (nSPS) is 18.0. The first-order valence-corrected chi connectivity index (χ1v) is 7.95. The standard InChI is InChI=1S/C13H12F3N3O3S/c1-18-10(4-5-17-18)13(20)6-19(7-13)23(21,22)9-3-2-8(14)11(15)12(9)16/h2-5,20H,6-7H2,1H3. The van der Waals surface area contributed by atoms with Crippen LogP contribution in [0.15, 0.2) is 29.3 Å². The quantitative estimate of drug-likeness (QED) is 0.831. The Balaban J connectivity index is 1.90. The molecule has 0 amide bonds. The third kappa shape index (κ3) is 2.33. The van der Waals surface area contributed by atoms with Crippen molar-refractivity contribution in [1.29, 1.82) is 0 Å². The summed E-state index contributed by atoms with van der Waals surface area (Å²) in [6.07, 6.45) is 1.44. The molecule has 0 atom stereocenters. The molecule has 0 spiro atoms. The van der Waals surface area contributed by atoms with E-state index in [0.29, 0.717) is 17.8 Å². The van der Waals surface area contributed by atoms with Gasteiger partial charge in [-0.1, -0.05) is 0 Å². The summed E-state index contributed by atoms with van der Waals surface area (Å²) in [5.41, 5.74) is -1.07. The van der Waals surface area contributed by atoms with E-state index in [9.17, 15) is 26.7 Å². The number of rotatable bonds is 3. The summed E-state index contributed by atoms with van der Waals surface area (Å²) in [4.78, 5) is -0.969. The maximum atomic E-state index is 13.7. The lowest BCUT2D eigenvalue weighted by Crippen LogP contribution is -2.61. The zero-order valence-electron chi connectivity index (χ0n) is 11.9. The van der Waals surface area contributed by atoms with Gasteiger partial charge in [0.1, 0.15) is 10.5 Å². The first-order chi connectivity index (χ1) is 10.7. The van der Waals surface area contributed by atoms with Gasteiger partial charge < -0.3 is 5.11 Å². The third-order valence-corrected chi connectivity index (χ3v) is 5.60. The third-order valence-electron chi connectivity index (χ3n) is 3.79. The van der Waals surface area contributed by atoms with E-state index in [0.717, 1.165) is 4.31 Å². The Morgan fingerprint density at radius 1 is 1.17 bits per heavy atom. The fourth-order valence-corrected chi connectivity index (χ4v) is 4.15. The van der Waals surface area contributed by atoms with Crippen LogP contribution in [0.1, 0.15) is 5.69 Å². The van der Waals surface area contributed by atoms with Gasteiger partial charge in [0.2, 0.25) is 10.0 Å². The lowest BCUT2D eigenvalue weighted by Gasteiger charge is -2.45. The van der Waals surface area contributed by atoms with Gasteiger partial charge in [0.15, 0.2) is 17.5 Å². The molecule has 0 unspecified atom stereocenters. The molecular weight excluding hydrogens is 335 g/mol. The van der Waals surface area contributed by atoms with E-state index in [1.165, 1.54) is 16.9 Å². The highest BCUT2D eigenvalue weighted by Gasteiger charge is 2.50. The highest BCUT2D eigenvalue weighted by atomic mass is 32.2. The van der Waals surface area contributed by atoms with E-state index in [2.05, 4.69) is 5.10 Å². The monoisotopic (exact) mass is 347 g/mol. The molecule has 0 bridgehead atoms. The number of aliphatic hydroxyl groups is 1. The van der Waals surface area contributed by atoms with Crippen LogP contribution in [0.2, 0.25) is 0 Å². The highest BCUT2D eigenvalue weighted by Crippen LogP contribution is 2.36. The molecule has 0 radical (unpaired) electrons. The Kier molecular flexibility index (Phi) is 3.50. The summed E-state index contributed by atoms with van der Waals surface area (Å²) < 4.78 is 66.7. The Morgan fingerprint density at radius 2 is 1.83 bits per heavy atom. The Morgan fingerprint density at radius 3 is 2.39 bits per heavy atom. The van der Waals surface area contributed by atoms with Crippen molar-refractivity contribution in [3.8, 4) is 0 Å². The Hall–Kier alpha value is -1.91. The van der Waals surface area contributed by atoms with Crippen LogP contribution in [-0.2, 0) is 22.7 Å². The largest absolute Gasteiger partial charge is 0.381 e. The molecule has 1 N–H and O–H groups in total. The summed E-state index contributed by atoms with van der Waals surface area (Å²) in [5, 5.41) is 14.3. The van der Waals surface area contributed by atoms with Crippen molar-refractivity contribution in [2.75, 3.05) is 13.1 Å². The lowest BCUT2D eigenvalue weighted by atomic mass is 9.93. The van der Waals surface area contributed by atoms with Crippen LogP contribution in [0.25, 0.3) is 0 Å². The summed E-state index contributed by atoms with van der Waals surface area (Å²) in [6.45, 7) is -0.680. The predicted octanol–water partition coefficient (Wildman–Crippen LogP) is 0.730. The minimum atomic E-state index is -4.39. The summed E-state index contributed by atoms with van der Waals surface area (Å²) in [7, 11) is -2.80. The Labute approximate surface area is 129 Å². The molecule has 1 aromatic heterocycles.